The fourth-order valence-electron chi connectivity index (χ4n) is 2.34. The minimum atomic E-state index is -0.578. The predicted molar refractivity (Wildman–Crippen MR) is 57.9 cm³/mol. The van der Waals surface area contributed by atoms with Gasteiger partial charge in [-0.2, -0.15) is 0 Å². The Morgan fingerprint density at radius 2 is 2.12 bits per heavy atom. The molecule has 1 aromatic carbocycles. The third-order valence-electron chi connectivity index (χ3n) is 3.29. The van der Waals surface area contributed by atoms with Crippen molar-refractivity contribution in [1.82, 2.24) is 0 Å². The smallest absolute Gasteiger partial charge is 0.340 e. The van der Waals surface area contributed by atoms with Crippen molar-refractivity contribution in [3.8, 4) is 0 Å². The van der Waals surface area contributed by atoms with E-state index in [1.807, 2.05) is 18.2 Å². The minimum Gasteiger partial charge on any atom is -0.427 e. The van der Waals surface area contributed by atoms with E-state index in [2.05, 4.69) is 0 Å². The molecule has 2 fully saturated rings. The second-order valence-corrected chi connectivity index (χ2v) is 4.42. The van der Waals surface area contributed by atoms with E-state index in [4.69, 9.17) is 9.47 Å². The van der Waals surface area contributed by atoms with Gasteiger partial charge in [-0.15, -0.1) is 0 Å². The Kier molecular flexibility index (Phi) is 2.21. The molecule has 1 aliphatic heterocycles. The maximum Gasteiger partial charge on any atom is 0.340 e. The lowest BCUT2D eigenvalue weighted by Gasteiger charge is -2.17. The molecule has 0 spiro atoms. The molecule has 1 heterocycles. The second-order valence-electron chi connectivity index (χ2n) is 4.42. The number of hydrogen-bond acceptors (Lipinski definition) is 3. The summed E-state index contributed by atoms with van der Waals surface area (Å²) < 4.78 is 11.0. The molecular formula is C13H14O3. The van der Waals surface area contributed by atoms with Gasteiger partial charge >= 0.3 is 5.97 Å². The Morgan fingerprint density at radius 1 is 1.31 bits per heavy atom. The van der Waals surface area contributed by atoms with Crippen LogP contribution in [0.1, 0.15) is 36.0 Å². The van der Waals surface area contributed by atoms with Crippen LogP contribution in [0.4, 0.5) is 0 Å². The summed E-state index contributed by atoms with van der Waals surface area (Å²) in [4.78, 5) is 11.8. The van der Waals surface area contributed by atoms with E-state index in [1.165, 1.54) is 6.42 Å². The van der Waals surface area contributed by atoms with E-state index in [9.17, 15) is 4.79 Å². The zero-order chi connectivity index (χ0) is 11.0. The maximum atomic E-state index is 11.8. The van der Waals surface area contributed by atoms with Gasteiger partial charge in [0.25, 0.3) is 0 Å². The molecule has 0 amide bonds. The highest BCUT2D eigenvalue weighted by molar-refractivity contribution is 5.89. The quantitative estimate of drug-likeness (QED) is 0.565. The fraction of sp³-hybridized carbons (Fsp3) is 0.462. The van der Waals surface area contributed by atoms with Gasteiger partial charge in [0.05, 0.1) is 5.56 Å². The van der Waals surface area contributed by atoms with E-state index in [0.29, 0.717) is 5.56 Å². The van der Waals surface area contributed by atoms with Gasteiger partial charge in [-0.3, -0.25) is 0 Å². The number of epoxide rings is 1. The van der Waals surface area contributed by atoms with Gasteiger partial charge in [-0.25, -0.2) is 4.79 Å². The average Bonchev–Trinajstić information content (AvgIpc) is 3.04. The summed E-state index contributed by atoms with van der Waals surface area (Å²) in [5, 5.41) is 0. The molecule has 0 aromatic heterocycles. The van der Waals surface area contributed by atoms with Gasteiger partial charge in [0, 0.05) is 6.42 Å². The average molecular weight is 218 g/mol. The van der Waals surface area contributed by atoms with E-state index in [-0.39, 0.29) is 12.1 Å². The molecule has 0 N–H and O–H groups in total. The lowest BCUT2D eigenvalue weighted by molar-refractivity contribution is -0.0245. The van der Waals surface area contributed by atoms with Gasteiger partial charge in [0.2, 0.25) is 5.79 Å². The van der Waals surface area contributed by atoms with Crippen molar-refractivity contribution in [3.05, 3.63) is 35.9 Å². The van der Waals surface area contributed by atoms with E-state index < -0.39 is 5.79 Å². The van der Waals surface area contributed by atoms with Crippen molar-refractivity contribution in [3.63, 3.8) is 0 Å². The first-order chi connectivity index (χ1) is 7.80. The number of hydrogen-bond donors (Lipinski definition) is 0. The number of esters is 1. The first kappa shape index (κ1) is 9.85. The molecule has 1 saturated heterocycles. The van der Waals surface area contributed by atoms with Gasteiger partial charge in [-0.1, -0.05) is 24.6 Å². The summed E-state index contributed by atoms with van der Waals surface area (Å²) in [6.07, 6.45) is 4.26. The zero-order valence-corrected chi connectivity index (χ0v) is 9.02. The number of rotatable bonds is 2. The van der Waals surface area contributed by atoms with Crippen LogP contribution in [0.5, 0.6) is 0 Å². The van der Waals surface area contributed by atoms with Crippen LogP contribution in [0, 0.1) is 0 Å². The normalized spacial score (nSPS) is 31.6. The molecule has 1 aromatic rings. The van der Waals surface area contributed by atoms with Crippen molar-refractivity contribution in [1.29, 1.82) is 0 Å². The van der Waals surface area contributed by atoms with Crippen LogP contribution in [0.25, 0.3) is 0 Å². The molecule has 2 aliphatic rings. The fourth-order valence-corrected chi connectivity index (χ4v) is 2.34. The van der Waals surface area contributed by atoms with E-state index in [0.717, 1.165) is 19.3 Å². The van der Waals surface area contributed by atoms with Crippen molar-refractivity contribution >= 4 is 5.97 Å². The summed E-state index contributed by atoms with van der Waals surface area (Å²) in [5.41, 5.74) is 0.594. The Bertz CT molecular complexity index is 401. The van der Waals surface area contributed by atoms with Gasteiger partial charge in [0.1, 0.15) is 6.10 Å². The monoisotopic (exact) mass is 218 g/mol. The number of benzene rings is 1. The molecule has 1 aliphatic carbocycles. The van der Waals surface area contributed by atoms with Gasteiger partial charge in [0.15, 0.2) is 0 Å². The molecule has 1 saturated carbocycles. The Hall–Kier alpha value is -1.35. The van der Waals surface area contributed by atoms with E-state index >= 15 is 0 Å². The molecule has 0 bridgehead atoms. The van der Waals surface area contributed by atoms with Crippen molar-refractivity contribution < 1.29 is 14.3 Å². The Morgan fingerprint density at radius 3 is 2.88 bits per heavy atom. The first-order valence-corrected chi connectivity index (χ1v) is 5.76. The minimum absolute atomic E-state index is 0.147. The molecule has 3 heteroatoms. The lowest BCUT2D eigenvalue weighted by atomic mass is 9.98. The Balaban J connectivity index is 1.70. The molecule has 2 atom stereocenters. The number of ether oxygens (including phenoxy) is 2. The van der Waals surface area contributed by atoms with Crippen LogP contribution in [-0.4, -0.2) is 17.9 Å². The molecule has 0 radical (unpaired) electrons. The number of carbonyl (C=O) groups excluding carboxylic acids is 1. The third-order valence-corrected chi connectivity index (χ3v) is 3.29. The molecule has 1 unspecified atom stereocenters. The molecule has 3 rings (SSSR count). The summed E-state index contributed by atoms with van der Waals surface area (Å²) in [5.74, 6) is -0.851. The highest BCUT2D eigenvalue weighted by Crippen LogP contribution is 2.48. The van der Waals surface area contributed by atoms with Crippen LogP contribution in [-0.2, 0) is 9.47 Å². The Labute approximate surface area is 94.4 Å². The van der Waals surface area contributed by atoms with Crippen LogP contribution < -0.4 is 0 Å². The molecule has 16 heavy (non-hydrogen) atoms. The highest BCUT2D eigenvalue weighted by Gasteiger charge is 2.61. The van der Waals surface area contributed by atoms with Crippen molar-refractivity contribution in [2.24, 2.45) is 0 Å². The van der Waals surface area contributed by atoms with Crippen LogP contribution >= 0.6 is 0 Å². The lowest BCUT2D eigenvalue weighted by Crippen LogP contribution is -2.26. The van der Waals surface area contributed by atoms with Gasteiger partial charge in [-0.05, 0) is 25.0 Å². The number of fused-ring (bicyclic) bond motifs is 1. The van der Waals surface area contributed by atoms with Gasteiger partial charge < -0.3 is 9.47 Å². The van der Waals surface area contributed by atoms with E-state index in [1.54, 1.807) is 12.1 Å². The summed E-state index contributed by atoms with van der Waals surface area (Å²) in [7, 11) is 0. The largest absolute Gasteiger partial charge is 0.427 e. The molecular weight excluding hydrogens is 204 g/mol. The topological polar surface area (TPSA) is 38.8 Å². The highest BCUT2D eigenvalue weighted by atomic mass is 16.8. The SMILES string of the molecule is O=C(O[C@]12CCCCC1O2)c1ccccc1. The number of carbonyl (C=O) groups is 1. The summed E-state index contributed by atoms with van der Waals surface area (Å²) in [6, 6.07) is 9.07. The first-order valence-electron chi connectivity index (χ1n) is 5.76. The summed E-state index contributed by atoms with van der Waals surface area (Å²) >= 11 is 0. The molecule has 84 valence electrons. The van der Waals surface area contributed by atoms with Crippen molar-refractivity contribution in [2.75, 3.05) is 0 Å². The summed E-state index contributed by atoms with van der Waals surface area (Å²) in [6.45, 7) is 0. The third kappa shape index (κ3) is 1.61. The standard InChI is InChI=1S/C13H14O3/c14-12(10-6-2-1-3-7-10)16-13-9-5-4-8-11(13)15-13/h1-3,6-7,11H,4-5,8-9H2/t11?,13-/m1/s1. The van der Waals surface area contributed by atoms with Crippen LogP contribution in [0.3, 0.4) is 0 Å². The second kappa shape index (κ2) is 3.59. The maximum absolute atomic E-state index is 11.8. The predicted octanol–water partition coefficient (Wildman–Crippen LogP) is 2.51. The van der Waals surface area contributed by atoms with Crippen LogP contribution in [0.2, 0.25) is 0 Å². The zero-order valence-electron chi connectivity index (χ0n) is 9.02. The molecule has 3 nitrogen and oxygen atoms in total. The van der Waals surface area contributed by atoms with Crippen molar-refractivity contribution in [2.45, 2.75) is 37.6 Å². The van der Waals surface area contributed by atoms with Crippen LogP contribution in [0.15, 0.2) is 30.3 Å².